The van der Waals surface area contributed by atoms with Gasteiger partial charge in [-0.05, 0) is 23.6 Å². The average molecular weight is 451 g/mol. The van der Waals surface area contributed by atoms with Gasteiger partial charge in [-0.25, -0.2) is 4.39 Å². The summed E-state index contributed by atoms with van der Waals surface area (Å²) < 4.78 is 20.9. The molecule has 3 heterocycles. The van der Waals surface area contributed by atoms with Crippen molar-refractivity contribution in [3.8, 4) is 11.3 Å². The number of nitrogens with two attached hydrogens (primary N) is 1. The van der Waals surface area contributed by atoms with Crippen LogP contribution in [0.25, 0.3) is 11.3 Å². The first-order valence-corrected chi connectivity index (χ1v) is 10.1. The summed E-state index contributed by atoms with van der Waals surface area (Å²) in [4.78, 5) is 27.2. The van der Waals surface area contributed by atoms with Gasteiger partial charge in [0.1, 0.15) is 17.1 Å². The predicted molar refractivity (Wildman–Crippen MR) is 116 cm³/mol. The van der Waals surface area contributed by atoms with Crippen LogP contribution in [-0.4, -0.2) is 46.3 Å². The molecule has 1 saturated heterocycles. The van der Waals surface area contributed by atoms with Gasteiger partial charge in [0.15, 0.2) is 0 Å². The molecule has 2 aromatic rings. The minimum Gasteiger partial charge on any atom is -0.376 e. The highest BCUT2D eigenvalue weighted by molar-refractivity contribution is 6.31. The first kappa shape index (κ1) is 23.2. The van der Waals surface area contributed by atoms with E-state index < -0.39 is 17.3 Å². The van der Waals surface area contributed by atoms with Crippen molar-refractivity contribution in [1.82, 2.24) is 14.7 Å². The lowest BCUT2D eigenvalue weighted by Crippen LogP contribution is -2.63. The summed E-state index contributed by atoms with van der Waals surface area (Å²) in [7, 11) is 0. The molecule has 0 unspecified atom stereocenters. The van der Waals surface area contributed by atoms with E-state index in [-0.39, 0.29) is 35.9 Å². The maximum atomic E-state index is 13.7. The van der Waals surface area contributed by atoms with Crippen LogP contribution in [0.4, 0.5) is 4.39 Å². The number of rotatable bonds is 3. The third kappa shape index (κ3) is 4.06. The van der Waals surface area contributed by atoms with Gasteiger partial charge in [0, 0.05) is 12.0 Å². The van der Waals surface area contributed by atoms with Gasteiger partial charge in [-0.15, -0.1) is 0 Å². The zero-order chi connectivity index (χ0) is 21.8. The summed E-state index contributed by atoms with van der Waals surface area (Å²) in [6, 6.07) is 4.15. The molecular formula is C22H28ClFN4O3. The molecule has 7 nitrogen and oxygen atoms in total. The zero-order valence-corrected chi connectivity index (χ0v) is 17.9. The van der Waals surface area contributed by atoms with Crippen LogP contribution < -0.4 is 5.73 Å². The van der Waals surface area contributed by atoms with Crippen LogP contribution in [0.2, 0.25) is 5.02 Å². The lowest BCUT2D eigenvalue weighted by molar-refractivity contribution is -0.154. The Bertz CT molecular complexity index is 1040. The SMILES string of the molecule is C.CC(C)(C)CC(=O)N1Cc2c(C(N)=O)c(-c3ccc(F)c(Cl)c3)nn2C2(COC2)C1. The minimum absolute atomic E-state index is 0. The van der Waals surface area contributed by atoms with Gasteiger partial charge < -0.3 is 15.4 Å². The molecule has 0 saturated carbocycles. The van der Waals surface area contributed by atoms with Crippen LogP contribution in [0.1, 0.15) is 50.7 Å². The number of fused-ring (bicyclic) bond motifs is 2. The van der Waals surface area contributed by atoms with Crippen LogP contribution >= 0.6 is 11.6 Å². The van der Waals surface area contributed by atoms with Crippen LogP contribution in [0.15, 0.2) is 18.2 Å². The lowest BCUT2D eigenvalue weighted by atomic mass is 9.89. The van der Waals surface area contributed by atoms with E-state index in [1.165, 1.54) is 18.2 Å². The molecule has 2 aliphatic rings. The Labute approximate surface area is 186 Å². The third-order valence-corrected chi connectivity index (χ3v) is 5.76. The van der Waals surface area contributed by atoms with Gasteiger partial charge in [-0.3, -0.25) is 14.3 Å². The highest BCUT2D eigenvalue weighted by atomic mass is 35.5. The normalized spacial score (nSPS) is 17.0. The quantitative estimate of drug-likeness (QED) is 0.773. The number of primary amides is 1. The number of aromatic nitrogens is 2. The lowest BCUT2D eigenvalue weighted by Gasteiger charge is -2.48. The molecule has 9 heteroatoms. The van der Waals surface area contributed by atoms with Crippen molar-refractivity contribution in [2.24, 2.45) is 11.1 Å². The second-order valence-electron chi connectivity index (χ2n) is 9.28. The fourth-order valence-corrected chi connectivity index (χ4v) is 4.23. The number of hydrogen-bond donors (Lipinski definition) is 1. The van der Waals surface area contributed by atoms with E-state index in [9.17, 15) is 14.0 Å². The molecule has 1 spiro atoms. The Morgan fingerprint density at radius 2 is 2.00 bits per heavy atom. The largest absolute Gasteiger partial charge is 0.376 e. The average Bonchev–Trinajstić information content (AvgIpc) is 3.00. The van der Waals surface area contributed by atoms with Crippen molar-refractivity contribution >= 4 is 23.4 Å². The monoisotopic (exact) mass is 450 g/mol. The number of ether oxygens (including phenoxy) is 1. The zero-order valence-electron chi connectivity index (χ0n) is 17.2. The maximum Gasteiger partial charge on any atom is 0.252 e. The fourth-order valence-electron chi connectivity index (χ4n) is 4.05. The van der Waals surface area contributed by atoms with Gasteiger partial charge in [0.05, 0.1) is 42.6 Å². The number of halogens is 2. The Balaban J connectivity index is 0.00000272. The highest BCUT2D eigenvalue weighted by Gasteiger charge is 2.49. The van der Waals surface area contributed by atoms with Gasteiger partial charge in [-0.1, -0.05) is 39.8 Å². The van der Waals surface area contributed by atoms with Crippen LogP contribution in [-0.2, 0) is 21.6 Å². The number of hydrogen-bond acceptors (Lipinski definition) is 4. The molecule has 2 aliphatic heterocycles. The Hall–Kier alpha value is -2.45. The Kier molecular flexibility index (Phi) is 5.92. The van der Waals surface area contributed by atoms with Gasteiger partial charge >= 0.3 is 0 Å². The smallest absolute Gasteiger partial charge is 0.252 e. The third-order valence-electron chi connectivity index (χ3n) is 5.47. The van der Waals surface area contributed by atoms with Crippen molar-refractivity contribution in [2.75, 3.05) is 19.8 Å². The van der Waals surface area contributed by atoms with Gasteiger partial charge in [0.25, 0.3) is 5.91 Å². The second-order valence-corrected chi connectivity index (χ2v) is 9.69. The summed E-state index contributed by atoms with van der Waals surface area (Å²) >= 11 is 5.94. The molecular weight excluding hydrogens is 423 g/mol. The van der Waals surface area contributed by atoms with E-state index in [2.05, 4.69) is 5.10 Å². The molecule has 31 heavy (non-hydrogen) atoms. The topological polar surface area (TPSA) is 90.5 Å². The first-order chi connectivity index (χ1) is 14.0. The summed E-state index contributed by atoms with van der Waals surface area (Å²) in [6.07, 6.45) is 0.379. The number of carbonyl (C=O) groups excluding carboxylic acids is 2. The van der Waals surface area contributed by atoms with Gasteiger partial charge in [0.2, 0.25) is 5.91 Å². The van der Waals surface area contributed by atoms with Crippen molar-refractivity contribution in [2.45, 2.75) is 46.7 Å². The van der Waals surface area contributed by atoms with E-state index in [1.54, 1.807) is 9.58 Å². The molecule has 0 aliphatic carbocycles. The van der Waals surface area contributed by atoms with E-state index in [1.807, 2.05) is 20.8 Å². The molecule has 0 bridgehead atoms. The van der Waals surface area contributed by atoms with E-state index >= 15 is 0 Å². The molecule has 2 amide bonds. The highest BCUT2D eigenvalue weighted by Crippen LogP contribution is 2.39. The second kappa shape index (κ2) is 7.91. The Morgan fingerprint density at radius 3 is 2.52 bits per heavy atom. The maximum absolute atomic E-state index is 13.7. The van der Waals surface area contributed by atoms with Crippen molar-refractivity contribution < 1.29 is 18.7 Å². The van der Waals surface area contributed by atoms with E-state index in [0.29, 0.717) is 43.1 Å². The van der Waals surface area contributed by atoms with Crippen molar-refractivity contribution in [3.63, 3.8) is 0 Å². The molecule has 168 valence electrons. The molecule has 4 rings (SSSR count). The number of nitrogens with zero attached hydrogens (tertiary/aromatic N) is 3. The number of amides is 2. The predicted octanol–water partition coefficient (Wildman–Crippen LogP) is 3.58. The van der Waals surface area contributed by atoms with Crippen LogP contribution in [0.3, 0.4) is 0 Å². The molecule has 0 atom stereocenters. The van der Waals surface area contributed by atoms with E-state index in [4.69, 9.17) is 22.1 Å². The van der Waals surface area contributed by atoms with Crippen LogP contribution in [0.5, 0.6) is 0 Å². The van der Waals surface area contributed by atoms with Crippen molar-refractivity contribution in [1.29, 1.82) is 0 Å². The van der Waals surface area contributed by atoms with Gasteiger partial charge in [-0.2, -0.15) is 5.10 Å². The number of carbonyl (C=O) groups is 2. The molecule has 0 radical (unpaired) electrons. The summed E-state index contributed by atoms with van der Waals surface area (Å²) in [6.45, 7) is 7.44. The minimum atomic E-state index is -0.660. The summed E-state index contributed by atoms with van der Waals surface area (Å²) in [5.74, 6) is -1.22. The fraction of sp³-hybridized carbons (Fsp3) is 0.500. The van der Waals surface area contributed by atoms with E-state index in [0.717, 1.165) is 0 Å². The standard InChI is InChI=1S/C21H24ClFN4O3.CH4/c1-20(2,3)7-16(28)26-8-15-17(19(24)29)18(12-4-5-14(23)13(22)6-12)25-27(15)21(9-26)10-30-11-21;/h4-6H,7-11H2,1-3H3,(H2,24,29);1H4. The van der Waals surface area contributed by atoms with Crippen LogP contribution in [0, 0.1) is 11.2 Å². The Morgan fingerprint density at radius 1 is 1.32 bits per heavy atom. The summed E-state index contributed by atoms with van der Waals surface area (Å²) in [5.41, 5.74) is 6.61. The molecule has 1 aromatic carbocycles. The molecule has 1 fully saturated rings. The first-order valence-electron chi connectivity index (χ1n) is 9.74. The van der Waals surface area contributed by atoms with Crippen molar-refractivity contribution in [3.05, 3.63) is 40.3 Å². The number of benzene rings is 1. The molecule has 2 N–H and O–H groups in total. The molecule has 1 aromatic heterocycles. The summed E-state index contributed by atoms with van der Waals surface area (Å²) in [5, 5.41) is 4.60.